The molecule has 0 aromatic heterocycles. The molecule has 0 spiro atoms. The number of rotatable bonds is 5. The Balaban J connectivity index is 1.51. The van der Waals surface area contributed by atoms with Crippen molar-refractivity contribution in [3.63, 3.8) is 0 Å². The fraction of sp³-hybridized carbons (Fsp3) is 0.250. The summed E-state index contributed by atoms with van der Waals surface area (Å²) in [6, 6.07) is 19.5. The Kier molecular flexibility index (Phi) is 5.89. The third-order valence-corrected chi connectivity index (χ3v) is 7.51. The van der Waals surface area contributed by atoms with Crippen molar-refractivity contribution >= 4 is 38.2 Å². The predicted octanol–water partition coefficient (Wildman–Crippen LogP) is 4.08. The molecule has 0 unspecified atom stereocenters. The highest BCUT2D eigenvalue weighted by Gasteiger charge is 2.33. The second kappa shape index (κ2) is 8.61. The van der Waals surface area contributed by atoms with Crippen LogP contribution in [-0.4, -0.2) is 37.5 Å². The highest BCUT2D eigenvalue weighted by molar-refractivity contribution is 7.89. The second-order valence-electron chi connectivity index (χ2n) is 7.84. The maximum atomic E-state index is 13.2. The summed E-state index contributed by atoms with van der Waals surface area (Å²) in [5.41, 5.74) is 1.05. The second-order valence-corrected chi connectivity index (χ2v) is 9.78. The van der Waals surface area contributed by atoms with Crippen LogP contribution in [0.25, 0.3) is 10.8 Å². The minimum atomic E-state index is -3.70. The van der Waals surface area contributed by atoms with E-state index >= 15 is 0 Å². The molecule has 31 heavy (non-hydrogen) atoms. The van der Waals surface area contributed by atoms with Crippen LogP contribution in [0, 0.1) is 5.92 Å². The van der Waals surface area contributed by atoms with Gasteiger partial charge in [0.1, 0.15) is 0 Å². The molecule has 1 amide bonds. The lowest BCUT2D eigenvalue weighted by Gasteiger charge is -2.31. The molecule has 3 aromatic rings. The molecule has 1 heterocycles. The average Bonchev–Trinajstić information content (AvgIpc) is 2.79. The van der Waals surface area contributed by atoms with E-state index in [0.29, 0.717) is 30.6 Å². The first-order valence-electron chi connectivity index (χ1n) is 10.3. The zero-order valence-corrected chi connectivity index (χ0v) is 18.1. The van der Waals surface area contributed by atoms with Crippen molar-refractivity contribution in [3.05, 3.63) is 72.3 Å². The average molecular weight is 437 g/mol. The van der Waals surface area contributed by atoms with E-state index in [2.05, 4.69) is 5.32 Å². The molecule has 0 radical (unpaired) electrons. The highest BCUT2D eigenvalue weighted by atomic mass is 32.2. The topological polar surface area (TPSA) is 83.6 Å². The van der Waals surface area contributed by atoms with Crippen LogP contribution in [0.4, 0.5) is 5.69 Å². The van der Waals surface area contributed by atoms with Crippen LogP contribution in [0.15, 0.2) is 71.6 Å². The lowest BCUT2D eigenvalue weighted by Crippen LogP contribution is -2.43. The van der Waals surface area contributed by atoms with E-state index in [1.165, 1.54) is 11.2 Å². The number of fused-ring (bicyclic) bond motifs is 1. The number of carbonyl (C=O) groups excluding carboxylic acids is 2. The smallest absolute Gasteiger partial charge is 0.243 e. The Morgan fingerprint density at radius 3 is 2.52 bits per heavy atom. The number of anilines is 1. The van der Waals surface area contributed by atoms with E-state index in [1.807, 2.05) is 24.3 Å². The number of hydrogen-bond acceptors (Lipinski definition) is 4. The summed E-state index contributed by atoms with van der Waals surface area (Å²) in [7, 11) is -3.70. The van der Waals surface area contributed by atoms with Gasteiger partial charge in [-0.15, -0.1) is 0 Å². The number of carbonyl (C=O) groups is 2. The number of Topliss-reactive ketones (excluding diaryl/α,β-unsaturated/α-hetero) is 1. The molecular formula is C24H24N2O4S. The molecule has 1 atom stereocenters. The summed E-state index contributed by atoms with van der Waals surface area (Å²) in [4.78, 5) is 24.6. The monoisotopic (exact) mass is 436 g/mol. The highest BCUT2D eigenvalue weighted by Crippen LogP contribution is 2.27. The van der Waals surface area contributed by atoms with Crippen LogP contribution >= 0.6 is 0 Å². The zero-order valence-electron chi connectivity index (χ0n) is 17.2. The first-order valence-corrected chi connectivity index (χ1v) is 11.7. The van der Waals surface area contributed by atoms with Crippen molar-refractivity contribution in [2.45, 2.75) is 24.7 Å². The molecule has 1 aliphatic heterocycles. The molecule has 1 saturated heterocycles. The van der Waals surface area contributed by atoms with Crippen molar-refractivity contribution in [1.82, 2.24) is 4.31 Å². The molecule has 3 aromatic carbocycles. The van der Waals surface area contributed by atoms with Crippen molar-refractivity contribution in [1.29, 1.82) is 0 Å². The van der Waals surface area contributed by atoms with Gasteiger partial charge in [0.2, 0.25) is 15.9 Å². The molecule has 0 aliphatic carbocycles. The standard InChI is InChI=1S/C24H24N2O4S/c1-17(27)19-8-4-10-22(14-19)25-24(28)21-9-5-13-26(16-21)31(29,30)23-12-11-18-6-2-3-7-20(18)15-23/h2-4,6-8,10-12,14-15,21H,5,9,13,16H2,1H3,(H,25,28)/t21-/m1/s1. The normalized spacial score (nSPS) is 17.4. The molecule has 1 aliphatic rings. The fourth-order valence-electron chi connectivity index (χ4n) is 3.91. The van der Waals surface area contributed by atoms with Crippen molar-refractivity contribution in [2.24, 2.45) is 5.92 Å². The summed E-state index contributed by atoms with van der Waals surface area (Å²) in [5, 5.41) is 4.67. The zero-order chi connectivity index (χ0) is 22.0. The van der Waals surface area contributed by atoms with Crippen molar-refractivity contribution in [3.8, 4) is 0 Å². The molecule has 7 heteroatoms. The lowest BCUT2D eigenvalue weighted by molar-refractivity contribution is -0.120. The van der Waals surface area contributed by atoms with Crippen molar-refractivity contribution < 1.29 is 18.0 Å². The molecule has 6 nitrogen and oxygen atoms in total. The largest absolute Gasteiger partial charge is 0.326 e. The van der Waals surface area contributed by atoms with Gasteiger partial charge in [0.05, 0.1) is 10.8 Å². The minimum absolute atomic E-state index is 0.0820. The third kappa shape index (κ3) is 4.52. The van der Waals surface area contributed by atoms with Gasteiger partial charge in [0.15, 0.2) is 5.78 Å². The lowest BCUT2D eigenvalue weighted by atomic mass is 9.98. The van der Waals surface area contributed by atoms with E-state index in [0.717, 1.165) is 10.8 Å². The van der Waals surface area contributed by atoms with Gasteiger partial charge >= 0.3 is 0 Å². The maximum Gasteiger partial charge on any atom is 0.243 e. The minimum Gasteiger partial charge on any atom is -0.326 e. The Hall–Kier alpha value is -3.03. The summed E-state index contributed by atoms with van der Waals surface area (Å²) >= 11 is 0. The molecule has 160 valence electrons. The van der Waals surface area contributed by atoms with Gasteiger partial charge in [-0.2, -0.15) is 4.31 Å². The molecule has 1 fully saturated rings. The fourth-order valence-corrected chi connectivity index (χ4v) is 5.47. The maximum absolute atomic E-state index is 13.2. The summed E-state index contributed by atoms with van der Waals surface area (Å²) < 4.78 is 27.9. The Labute approximate surface area is 181 Å². The number of piperidine rings is 1. The SMILES string of the molecule is CC(=O)c1cccc(NC(=O)[C@@H]2CCCN(S(=O)(=O)c3ccc4ccccc4c3)C2)c1. The van der Waals surface area contributed by atoms with Gasteiger partial charge in [-0.3, -0.25) is 9.59 Å². The van der Waals surface area contributed by atoms with Gasteiger partial charge in [-0.25, -0.2) is 8.42 Å². The van der Waals surface area contributed by atoms with Crippen molar-refractivity contribution in [2.75, 3.05) is 18.4 Å². The van der Waals surface area contributed by atoms with Crippen LogP contribution in [0.1, 0.15) is 30.1 Å². The molecule has 0 saturated carbocycles. The third-order valence-electron chi connectivity index (χ3n) is 5.65. The van der Waals surface area contributed by atoms with E-state index in [-0.39, 0.29) is 23.1 Å². The molecule has 0 bridgehead atoms. The number of nitrogens with one attached hydrogen (secondary N) is 1. The Bertz CT molecular complexity index is 1250. The molecule has 1 N–H and O–H groups in total. The van der Waals surface area contributed by atoms with Crippen LogP contribution in [0.2, 0.25) is 0 Å². The van der Waals surface area contributed by atoms with Crippen LogP contribution in [-0.2, 0) is 14.8 Å². The van der Waals surface area contributed by atoms with Crippen LogP contribution in [0.5, 0.6) is 0 Å². The first-order chi connectivity index (χ1) is 14.8. The predicted molar refractivity (Wildman–Crippen MR) is 121 cm³/mol. The number of ketones is 1. The van der Waals surface area contributed by atoms with Gasteiger partial charge in [0.25, 0.3) is 0 Å². The number of sulfonamides is 1. The van der Waals surface area contributed by atoms with Crippen LogP contribution in [0.3, 0.4) is 0 Å². The Morgan fingerprint density at radius 2 is 1.74 bits per heavy atom. The number of hydrogen-bond donors (Lipinski definition) is 1. The quantitative estimate of drug-likeness (QED) is 0.611. The van der Waals surface area contributed by atoms with E-state index < -0.39 is 15.9 Å². The van der Waals surface area contributed by atoms with Gasteiger partial charge in [-0.1, -0.05) is 42.5 Å². The molecule has 4 rings (SSSR count). The van der Waals surface area contributed by atoms with Gasteiger partial charge < -0.3 is 5.32 Å². The van der Waals surface area contributed by atoms with Gasteiger partial charge in [-0.05, 0) is 54.8 Å². The number of benzene rings is 3. The van der Waals surface area contributed by atoms with E-state index in [4.69, 9.17) is 0 Å². The summed E-state index contributed by atoms with van der Waals surface area (Å²) in [5.74, 6) is -0.773. The van der Waals surface area contributed by atoms with E-state index in [9.17, 15) is 18.0 Å². The summed E-state index contributed by atoms with van der Waals surface area (Å²) in [6.07, 6.45) is 1.22. The van der Waals surface area contributed by atoms with Crippen LogP contribution < -0.4 is 5.32 Å². The number of amides is 1. The first kappa shape index (κ1) is 21.2. The number of nitrogens with zero attached hydrogens (tertiary/aromatic N) is 1. The Morgan fingerprint density at radius 1 is 0.968 bits per heavy atom. The molecular weight excluding hydrogens is 412 g/mol. The van der Waals surface area contributed by atoms with E-state index in [1.54, 1.807) is 42.5 Å². The summed E-state index contributed by atoms with van der Waals surface area (Å²) in [6.45, 7) is 1.99. The van der Waals surface area contributed by atoms with Gasteiger partial charge in [0, 0.05) is 24.3 Å².